The van der Waals surface area contributed by atoms with Gasteiger partial charge in [-0.1, -0.05) is 13.0 Å². The van der Waals surface area contributed by atoms with E-state index in [0.717, 1.165) is 0 Å². The van der Waals surface area contributed by atoms with Gasteiger partial charge >= 0.3 is 7.12 Å². The summed E-state index contributed by atoms with van der Waals surface area (Å²) < 4.78 is 24.4. The Hall–Kier alpha value is -0.345. The highest BCUT2D eigenvalue weighted by molar-refractivity contribution is 6.53. The molecule has 0 spiro atoms. The van der Waals surface area contributed by atoms with Crippen molar-refractivity contribution >= 4 is 7.12 Å². The van der Waals surface area contributed by atoms with Gasteiger partial charge in [-0.25, -0.2) is 4.39 Å². The first-order valence-corrected chi connectivity index (χ1v) is 5.01. The molecule has 1 aliphatic heterocycles. The minimum absolute atomic E-state index is 0.328. The van der Waals surface area contributed by atoms with E-state index in [1.165, 1.54) is 6.08 Å². The van der Waals surface area contributed by atoms with Crippen molar-refractivity contribution in [3.05, 3.63) is 11.8 Å². The summed E-state index contributed by atoms with van der Waals surface area (Å²) in [6.45, 7) is 9.52. The summed E-state index contributed by atoms with van der Waals surface area (Å²) in [4.78, 5) is 0. The minimum Gasteiger partial charge on any atom is -0.398 e. The molecule has 1 fully saturated rings. The molecule has 0 aromatic rings. The molecule has 0 aliphatic carbocycles. The van der Waals surface area contributed by atoms with Crippen molar-refractivity contribution in [3.8, 4) is 0 Å². The summed E-state index contributed by atoms with van der Waals surface area (Å²) >= 11 is 0. The number of rotatable bonds is 2. The van der Waals surface area contributed by atoms with Gasteiger partial charge in [0.05, 0.1) is 11.2 Å². The molecular formula is C10H18BFO2. The Balaban J connectivity index is 2.78. The first-order chi connectivity index (χ1) is 6.30. The molecule has 0 amide bonds. The lowest BCUT2D eigenvalue weighted by atomic mass is 9.87. The standard InChI is InChI=1S/C10H18BFO2/c1-6-7-8(12)11-13-9(2,3)10(4,5)14-11/h7H,6H2,1-5H3. The average Bonchev–Trinajstić information content (AvgIpc) is 2.22. The van der Waals surface area contributed by atoms with Crippen LogP contribution in [0, 0.1) is 0 Å². The van der Waals surface area contributed by atoms with E-state index in [4.69, 9.17) is 9.31 Å². The Morgan fingerprint density at radius 2 is 1.64 bits per heavy atom. The summed E-state index contributed by atoms with van der Waals surface area (Å²) in [6.07, 6.45) is 2.14. The van der Waals surface area contributed by atoms with Crippen LogP contribution < -0.4 is 0 Å². The van der Waals surface area contributed by atoms with Crippen LogP contribution in [0.25, 0.3) is 0 Å². The maximum Gasteiger partial charge on any atom is 0.524 e. The van der Waals surface area contributed by atoms with E-state index in [-0.39, 0.29) is 5.73 Å². The van der Waals surface area contributed by atoms with Crippen molar-refractivity contribution < 1.29 is 13.7 Å². The summed E-state index contributed by atoms with van der Waals surface area (Å²) in [5.41, 5.74) is -1.25. The monoisotopic (exact) mass is 200 g/mol. The quantitative estimate of drug-likeness (QED) is 0.638. The zero-order valence-electron chi connectivity index (χ0n) is 9.56. The van der Waals surface area contributed by atoms with E-state index in [9.17, 15) is 4.39 Å². The fourth-order valence-corrected chi connectivity index (χ4v) is 1.25. The Labute approximate surface area is 85.6 Å². The molecule has 1 saturated heterocycles. The van der Waals surface area contributed by atoms with Crippen LogP contribution in [0.2, 0.25) is 0 Å². The highest BCUT2D eigenvalue weighted by atomic mass is 19.1. The number of halogens is 1. The molecule has 0 bridgehead atoms. The minimum atomic E-state index is -0.833. The van der Waals surface area contributed by atoms with Gasteiger partial charge < -0.3 is 9.31 Å². The van der Waals surface area contributed by atoms with Gasteiger partial charge in [-0.2, -0.15) is 0 Å². The Kier molecular flexibility index (Phi) is 3.07. The molecule has 0 saturated carbocycles. The SMILES string of the molecule is CCC=C(F)B1OC(C)(C)C(C)(C)O1. The van der Waals surface area contributed by atoms with E-state index < -0.39 is 18.3 Å². The Morgan fingerprint density at radius 3 is 2.00 bits per heavy atom. The third-order valence-corrected chi connectivity index (χ3v) is 2.88. The number of hydrogen-bond donors (Lipinski definition) is 0. The molecule has 0 unspecified atom stereocenters. The molecule has 1 heterocycles. The van der Waals surface area contributed by atoms with Gasteiger partial charge in [-0.15, -0.1) is 0 Å². The first-order valence-electron chi connectivity index (χ1n) is 5.01. The van der Waals surface area contributed by atoms with Gasteiger partial charge in [0.1, 0.15) is 5.73 Å². The van der Waals surface area contributed by atoms with Crippen molar-refractivity contribution in [1.82, 2.24) is 0 Å². The van der Waals surface area contributed by atoms with E-state index in [1.54, 1.807) is 0 Å². The average molecular weight is 200 g/mol. The molecule has 0 radical (unpaired) electrons. The predicted octanol–water partition coefficient (Wildman–Crippen LogP) is 2.88. The normalized spacial score (nSPS) is 25.6. The summed E-state index contributed by atoms with van der Waals surface area (Å²) in [5.74, 6) is 0. The lowest BCUT2D eigenvalue weighted by Gasteiger charge is -2.32. The molecule has 1 aliphatic rings. The van der Waals surface area contributed by atoms with Gasteiger partial charge in [-0.3, -0.25) is 0 Å². The smallest absolute Gasteiger partial charge is 0.398 e. The zero-order chi connectivity index (χ0) is 11.0. The topological polar surface area (TPSA) is 18.5 Å². The Bertz CT molecular complexity index is 233. The molecule has 1 rings (SSSR count). The van der Waals surface area contributed by atoms with E-state index in [0.29, 0.717) is 6.42 Å². The van der Waals surface area contributed by atoms with Crippen LogP contribution in [0.5, 0.6) is 0 Å². The number of hydrogen-bond acceptors (Lipinski definition) is 2. The summed E-state index contributed by atoms with van der Waals surface area (Å²) in [5, 5.41) is 0. The van der Waals surface area contributed by atoms with Crippen LogP contribution in [0.1, 0.15) is 41.0 Å². The second-order valence-electron chi connectivity index (χ2n) is 4.59. The summed E-state index contributed by atoms with van der Waals surface area (Å²) in [7, 11) is -0.833. The molecule has 4 heteroatoms. The van der Waals surface area contributed by atoms with Crippen LogP contribution in [-0.2, 0) is 9.31 Å². The van der Waals surface area contributed by atoms with Gasteiger partial charge in [0.15, 0.2) is 0 Å². The molecule has 14 heavy (non-hydrogen) atoms. The fraction of sp³-hybridized carbons (Fsp3) is 0.800. The summed E-state index contributed by atoms with van der Waals surface area (Å²) in [6, 6.07) is 0. The number of allylic oxidation sites excluding steroid dienone is 1. The van der Waals surface area contributed by atoms with Crippen molar-refractivity contribution in [2.75, 3.05) is 0 Å². The molecule has 0 N–H and O–H groups in total. The van der Waals surface area contributed by atoms with Crippen LogP contribution in [0.4, 0.5) is 4.39 Å². The third-order valence-electron chi connectivity index (χ3n) is 2.88. The maximum atomic E-state index is 13.4. The van der Waals surface area contributed by atoms with Crippen molar-refractivity contribution in [3.63, 3.8) is 0 Å². The van der Waals surface area contributed by atoms with Gasteiger partial charge in [0, 0.05) is 0 Å². The van der Waals surface area contributed by atoms with Crippen LogP contribution in [0.3, 0.4) is 0 Å². The largest absolute Gasteiger partial charge is 0.524 e. The lowest BCUT2D eigenvalue weighted by Crippen LogP contribution is -2.41. The first kappa shape index (κ1) is 11.7. The third kappa shape index (κ3) is 2.01. The van der Waals surface area contributed by atoms with E-state index in [2.05, 4.69) is 0 Å². The molecule has 0 aromatic heterocycles. The Morgan fingerprint density at radius 1 is 1.21 bits per heavy atom. The van der Waals surface area contributed by atoms with E-state index in [1.807, 2.05) is 34.6 Å². The van der Waals surface area contributed by atoms with Gasteiger partial charge in [-0.05, 0) is 34.1 Å². The van der Waals surface area contributed by atoms with Crippen LogP contribution in [-0.4, -0.2) is 18.3 Å². The second-order valence-corrected chi connectivity index (χ2v) is 4.59. The fourth-order valence-electron chi connectivity index (χ4n) is 1.25. The second kappa shape index (κ2) is 3.67. The van der Waals surface area contributed by atoms with Gasteiger partial charge in [0.2, 0.25) is 0 Å². The van der Waals surface area contributed by atoms with Gasteiger partial charge in [0.25, 0.3) is 0 Å². The zero-order valence-corrected chi connectivity index (χ0v) is 9.56. The molecule has 0 aromatic carbocycles. The van der Waals surface area contributed by atoms with Crippen LogP contribution in [0.15, 0.2) is 11.8 Å². The van der Waals surface area contributed by atoms with Crippen molar-refractivity contribution in [2.24, 2.45) is 0 Å². The van der Waals surface area contributed by atoms with Crippen molar-refractivity contribution in [1.29, 1.82) is 0 Å². The van der Waals surface area contributed by atoms with Crippen LogP contribution >= 0.6 is 0 Å². The van der Waals surface area contributed by atoms with Crippen molar-refractivity contribution in [2.45, 2.75) is 52.2 Å². The molecular weight excluding hydrogens is 182 g/mol. The molecule has 80 valence electrons. The highest BCUT2D eigenvalue weighted by Crippen LogP contribution is 2.38. The molecule has 0 atom stereocenters. The highest BCUT2D eigenvalue weighted by Gasteiger charge is 2.52. The predicted molar refractivity (Wildman–Crippen MR) is 55.6 cm³/mol. The molecule has 2 nitrogen and oxygen atoms in total. The maximum absolute atomic E-state index is 13.4. The van der Waals surface area contributed by atoms with E-state index >= 15 is 0 Å². The lowest BCUT2D eigenvalue weighted by molar-refractivity contribution is 0.00578.